The number of nitrogens with zero attached hydrogens (tertiary/aromatic N) is 2. The fraction of sp³-hybridized carbons (Fsp3) is 0.833. The van der Waals surface area contributed by atoms with Crippen LogP contribution >= 0.6 is 0 Å². The summed E-state index contributed by atoms with van der Waals surface area (Å²) >= 11 is 0. The summed E-state index contributed by atoms with van der Waals surface area (Å²) in [6.45, 7) is 6.55. The molecular weight excluding hydrogens is 202 g/mol. The average molecular weight is 225 g/mol. The first-order chi connectivity index (χ1) is 7.86. The van der Waals surface area contributed by atoms with Gasteiger partial charge in [-0.3, -0.25) is 0 Å². The van der Waals surface area contributed by atoms with Gasteiger partial charge < -0.3 is 9.84 Å². The molecule has 0 amide bonds. The molecule has 0 saturated heterocycles. The number of nitrogens with one attached hydrogen (secondary N) is 1. The number of aromatic nitrogens is 2. The molecule has 92 valence electrons. The first kappa shape index (κ1) is 13.2. The second kappa shape index (κ2) is 8.28. The molecule has 1 unspecified atom stereocenters. The molecule has 0 aromatic carbocycles. The third kappa shape index (κ3) is 5.26. The summed E-state index contributed by atoms with van der Waals surface area (Å²) < 4.78 is 4.68. The Balaban J connectivity index is 2.04. The van der Waals surface area contributed by atoms with Gasteiger partial charge in [0.2, 0.25) is 6.39 Å². The Labute approximate surface area is 97.8 Å². The number of hydrogen-bond acceptors (Lipinski definition) is 4. The van der Waals surface area contributed by atoms with Crippen molar-refractivity contribution in [3.05, 3.63) is 12.2 Å². The first-order valence-corrected chi connectivity index (χ1v) is 6.32. The summed E-state index contributed by atoms with van der Waals surface area (Å²) in [6, 6.07) is 0. The van der Waals surface area contributed by atoms with Crippen LogP contribution in [0.2, 0.25) is 0 Å². The van der Waals surface area contributed by atoms with Gasteiger partial charge in [0.1, 0.15) is 0 Å². The minimum atomic E-state index is 0.786. The quantitative estimate of drug-likeness (QED) is 0.656. The van der Waals surface area contributed by atoms with Crippen LogP contribution in [-0.2, 0) is 6.42 Å². The molecule has 1 atom stereocenters. The lowest BCUT2D eigenvalue weighted by Gasteiger charge is -2.14. The maximum atomic E-state index is 4.68. The van der Waals surface area contributed by atoms with E-state index in [1.165, 1.54) is 32.1 Å². The molecule has 4 nitrogen and oxygen atoms in total. The maximum Gasteiger partial charge on any atom is 0.213 e. The van der Waals surface area contributed by atoms with Gasteiger partial charge in [-0.1, -0.05) is 38.3 Å². The van der Waals surface area contributed by atoms with E-state index in [1.807, 2.05) is 0 Å². The highest BCUT2D eigenvalue weighted by Gasteiger charge is 2.05. The van der Waals surface area contributed by atoms with E-state index >= 15 is 0 Å². The Kier molecular flexibility index (Phi) is 6.81. The summed E-state index contributed by atoms with van der Waals surface area (Å²) in [6.07, 6.45) is 7.45. The van der Waals surface area contributed by atoms with Crippen molar-refractivity contribution in [2.24, 2.45) is 5.92 Å². The van der Waals surface area contributed by atoms with E-state index in [-0.39, 0.29) is 0 Å². The normalized spacial score (nSPS) is 12.9. The zero-order valence-corrected chi connectivity index (χ0v) is 10.4. The number of hydrogen-bond donors (Lipinski definition) is 1. The van der Waals surface area contributed by atoms with Gasteiger partial charge in [-0.25, -0.2) is 0 Å². The SMILES string of the molecule is CCCCC(CC)CNCCc1ncon1. The van der Waals surface area contributed by atoms with Crippen LogP contribution in [0.3, 0.4) is 0 Å². The fourth-order valence-electron chi connectivity index (χ4n) is 1.75. The molecule has 16 heavy (non-hydrogen) atoms. The molecule has 4 heteroatoms. The zero-order valence-electron chi connectivity index (χ0n) is 10.4. The Bertz CT molecular complexity index is 249. The highest BCUT2D eigenvalue weighted by molar-refractivity contribution is 4.78. The lowest BCUT2D eigenvalue weighted by Crippen LogP contribution is -2.25. The van der Waals surface area contributed by atoms with Gasteiger partial charge >= 0.3 is 0 Å². The Morgan fingerprint density at radius 1 is 1.44 bits per heavy atom. The van der Waals surface area contributed by atoms with Crippen molar-refractivity contribution in [1.82, 2.24) is 15.5 Å². The number of rotatable bonds is 9. The molecule has 0 saturated carbocycles. The summed E-state index contributed by atoms with van der Waals surface area (Å²) in [4.78, 5) is 3.98. The predicted octanol–water partition coefficient (Wildman–Crippen LogP) is 2.42. The van der Waals surface area contributed by atoms with Crippen LogP contribution in [0, 0.1) is 5.92 Å². The molecule has 0 fully saturated rings. The van der Waals surface area contributed by atoms with Crippen LogP contribution in [0.25, 0.3) is 0 Å². The standard InChI is InChI=1S/C12H23N3O/c1-3-5-6-11(4-2)9-13-8-7-12-14-10-16-15-12/h10-11,13H,3-9H2,1-2H3. The second-order valence-electron chi connectivity index (χ2n) is 4.22. The molecule has 1 N–H and O–H groups in total. The second-order valence-corrected chi connectivity index (χ2v) is 4.22. The lowest BCUT2D eigenvalue weighted by atomic mass is 9.99. The molecule has 1 rings (SSSR count). The van der Waals surface area contributed by atoms with E-state index in [1.54, 1.807) is 0 Å². The van der Waals surface area contributed by atoms with Crippen LogP contribution in [0.1, 0.15) is 45.4 Å². The summed E-state index contributed by atoms with van der Waals surface area (Å²) in [5.41, 5.74) is 0. The number of unbranched alkanes of at least 4 members (excludes halogenated alkanes) is 1. The molecule has 0 aliphatic carbocycles. The first-order valence-electron chi connectivity index (χ1n) is 6.32. The van der Waals surface area contributed by atoms with Gasteiger partial charge in [-0.05, 0) is 18.9 Å². The summed E-state index contributed by atoms with van der Waals surface area (Å²) in [5.74, 6) is 1.60. The van der Waals surface area contributed by atoms with Crippen LogP contribution in [0.5, 0.6) is 0 Å². The van der Waals surface area contributed by atoms with E-state index in [0.717, 1.165) is 31.3 Å². The molecule has 1 heterocycles. The van der Waals surface area contributed by atoms with Crippen molar-refractivity contribution in [3.63, 3.8) is 0 Å². The van der Waals surface area contributed by atoms with Crippen LogP contribution in [0.15, 0.2) is 10.9 Å². The average Bonchev–Trinajstić information content (AvgIpc) is 2.81. The van der Waals surface area contributed by atoms with Crippen molar-refractivity contribution in [2.45, 2.75) is 46.0 Å². The van der Waals surface area contributed by atoms with Gasteiger partial charge in [0, 0.05) is 13.0 Å². The van der Waals surface area contributed by atoms with Crippen molar-refractivity contribution < 1.29 is 4.52 Å². The molecule has 1 aromatic heterocycles. The van der Waals surface area contributed by atoms with Crippen molar-refractivity contribution in [2.75, 3.05) is 13.1 Å². The van der Waals surface area contributed by atoms with Gasteiger partial charge in [-0.2, -0.15) is 4.98 Å². The zero-order chi connectivity index (χ0) is 11.6. The molecular formula is C12H23N3O. The van der Waals surface area contributed by atoms with E-state index in [2.05, 4.69) is 33.8 Å². The van der Waals surface area contributed by atoms with Crippen molar-refractivity contribution in [3.8, 4) is 0 Å². The highest BCUT2D eigenvalue weighted by Crippen LogP contribution is 2.10. The third-order valence-electron chi connectivity index (χ3n) is 2.91. The highest BCUT2D eigenvalue weighted by atomic mass is 16.5. The van der Waals surface area contributed by atoms with Crippen LogP contribution in [-0.4, -0.2) is 23.2 Å². The molecule has 0 aliphatic heterocycles. The van der Waals surface area contributed by atoms with E-state index in [4.69, 9.17) is 0 Å². The molecule has 0 aliphatic rings. The fourth-order valence-corrected chi connectivity index (χ4v) is 1.75. The van der Waals surface area contributed by atoms with E-state index in [0.29, 0.717) is 0 Å². The molecule has 0 bridgehead atoms. The Morgan fingerprint density at radius 2 is 2.31 bits per heavy atom. The van der Waals surface area contributed by atoms with E-state index in [9.17, 15) is 0 Å². The van der Waals surface area contributed by atoms with Crippen molar-refractivity contribution >= 4 is 0 Å². The lowest BCUT2D eigenvalue weighted by molar-refractivity contribution is 0.404. The molecule has 0 radical (unpaired) electrons. The minimum absolute atomic E-state index is 0.786. The Morgan fingerprint density at radius 3 is 2.94 bits per heavy atom. The summed E-state index contributed by atoms with van der Waals surface area (Å²) in [7, 11) is 0. The largest absolute Gasteiger partial charge is 0.343 e. The van der Waals surface area contributed by atoms with Gasteiger partial charge in [-0.15, -0.1) is 0 Å². The summed E-state index contributed by atoms with van der Waals surface area (Å²) in [5, 5.41) is 7.24. The van der Waals surface area contributed by atoms with Crippen LogP contribution < -0.4 is 5.32 Å². The van der Waals surface area contributed by atoms with Crippen LogP contribution in [0.4, 0.5) is 0 Å². The predicted molar refractivity (Wildman–Crippen MR) is 64.2 cm³/mol. The molecule has 1 aromatic rings. The van der Waals surface area contributed by atoms with Gasteiger partial charge in [0.15, 0.2) is 5.82 Å². The maximum absolute atomic E-state index is 4.68. The molecule has 0 spiro atoms. The van der Waals surface area contributed by atoms with E-state index < -0.39 is 0 Å². The monoisotopic (exact) mass is 225 g/mol. The Hall–Kier alpha value is -0.900. The van der Waals surface area contributed by atoms with Gasteiger partial charge in [0.05, 0.1) is 0 Å². The minimum Gasteiger partial charge on any atom is -0.343 e. The third-order valence-corrected chi connectivity index (χ3v) is 2.91. The topological polar surface area (TPSA) is 51.0 Å². The van der Waals surface area contributed by atoms with Crippen molar-refractivity contribution in [1.29, 1.82) is 0 Å². The smallest absolute Gasteiger partial charge is 0.213 e. The van der Waals surface area contributed by atoms with Gasteiger partial charge in [0.25, 0.3) is 0 Å².